The number of hydrogen-bond acceptors (Lipinski definition) is 11. The molecule has 0 saturated carbocycles. The van der Waals surface area contributed by atoms with Crippen LogP contribution in [0.15, 0.2) is 18.2 Å². The van der Waals surface area contributed by atoms with Crippen molar-refractivity contribution >= 4 is 24.4 Å². The first-order chi connectivity index (χ1) is 17.5. The molecule has 0 amide bonds. The Hall–Kier alpha value is -3.54. The van der Waals surface area contributed by atoms with Gasteiger partial charge in [0.25, 0.3) is 5.72 Å². The van der Waals surface area contributed by atoms with Crippen molar-refractivity contribution < 1.29 is 52.7 Å². The van der Waals surface area contributed by atoms with Gasteiger partial charge in [-0.15, -0.1) is 0 Å². The van der Waals surface area contributed by atoms with Gasteiger partial charge < -0.3 is 33.5 Å². The highest BCUT2D eigenvalue weighted by Gasteiger charge is 2.45. The Labute approximate surface area is 216 Å². The first-order valence-electron chi connectivity index (χ1n) is 12.2. The molecule has 0 aromatic heterocycles. The van der Waals surface area contributed by atoms with Crippen LogP contribution in [0, 0.1) is 0 Å². The molecule has 208 valence electrons. The molecule has 37 heavy (non-hydrogen) atoms. The summed E-state index contributed by atoms with van der Waals surface area (Å²) in [5.74, 6) is -1.85. The van der Waals surface area contributed by atoms with Crippen molar-refractivity contribution in [1.29, 1.82) is 0 Å². The van der Waals surface area contributed by atoms with Gasteiger partial charge in [0.2, 0.25) is 0 Å². The first-order valence-corrected chi connectivity index (χ1v) is 12.2. The monoisotopic (exact) mass is 527 g/mol. The van der Waals surface area contributed by atoms with Gasteiger partial charge in [-0.05, 0) is 57.7 Å². The molecule has 0 aliphatic carbocycles. The standard InChI is InChI=1S/C25H37NO11/c1-7-12-32-22(29)35-19-11-10-18(14-20(19)36-23(30)33-13-8-2)15-25(21(27)28,26-17(6)9-3)37-24(31)34-16(4)5/h10-11,14,16-17,26H,7-9,12-13,15H2,1-6H3,(H,27,28)/t17?,25-/m0/s1. The van der Waals surface area contributed by atoms with Gasteiger partial charge in [-0.25, -0.2) is 19.2 Å². The van der Waals surface area contributed by atoms with Crippen LogP contribution in [0.2, 0.25) is 0 Å². The average Bonchev–Trinajstić information content (AvgIpc) is 2.82. The molecular weight excluding hydrogens is 490 g/mol. The normalized spacial score (nSPS) is 13.2. The number of nitrogens with one attached hydrogen (secondary N) is 1. The molecule has 0 radical (unpaired) electrons. The Morgan fingerprint density at radius 2 is 1.46 bits per heavy atom. The highest BCUT2D eigenvalue weighted by atomic mass is 16.8. The Morgan fingerprint density at radius 1 is 0.892 bits per heavy atom. The summed E-state index contributed by atoms with van der Waals surface area (Å²) in [4.78, 5) is 48.8. The van der Waals surface area contributed by atoms with Crippen LogP contribution >= 0.6 is 0 Å². The number of carboxylic acids is 1. The maximum absolute atomic E-state index is 12.4. The average molecular weight is 528 g/mol. The minimum absolute atomic E-state index is 0.0972. The van der Waals surface area contributed by atoms with Crippen molar-refractivity contribution in [2.45, 2.75) is 85.1 Å². The van der Waals surface area contributed by atoms with Crippen LogP contribution in [-0.4, -0.2) is 60.6 Å². The Bertz CT molecular complexity index is 918. The second-order valence-electron chi connectivity index (χ2n) is 8.46. The molecular formula is C25H37NO11. The minimum atomic E-state index is -2.22. The van der Waals surface area contributed by atoms with E-state index in [1.54, 1.807) is 27.7 Å². The summed E-state index contributed by atoms with van der Waals surface area (Å²) >= 11 is 0. The van der Waals surface area contributed by atoms with Crippen molar-refractivity contribution in [1.82, 2.24) is 5.32 Å². The summed E-state index contributed by atoms with van der Waals surface area (Å²) in [6, 6.07) is 3.65. The zero-order chi connectivity index (χ0) is 28.0. The summed E-state index contributed by atoms with van der Waals surface area (Å²) in [5.41, 5.74) is -1.95. The lowest BCUT2D eigenvalue weighted by molar-refractivity contribution is -0.167. The fourth-order valence-corrected chi connectivity index (χ4v) is 2.88. The zero-order valence-corrected chi connectivity index (χ0v) is 22.2. The molecule has 1 rings (SSSR count). The summed E-state index contributed by atoms with van der Waals surface area (Å²) < 4.78 is 30.5. The highest BCUT2D eigenvalue weighted by molar-refractivity contribution is 5.80. The van der Waals surface area contributed by atoms with Crippen molar-refractivity contribution in [3.8, 4) is 11.5 Å². The molecule has 1 aromatic carbocycles. The van der Waals surface area contributed by atoms with E-state index in [1.165, 1.54) is 18.2 Å². The molecule has 0 heterocycles. The maximum atomic E-state index is 12.4. The molecule has 2 N–H and O–H groups in total. The van der Waals surface area contributed by atoms with Crippen LogP contribution in [0.1, 0.15) is 66.4 Å². The van der Waals surface area contributed by atoms with Crippen LogP contribution in [-0.2, 0) is 30.2 Å². The van der Waals surface area contributed by atoms with Crippen LogP contribution < -0.4 is 14.8 Å². The fourth-order valence-electron chi connectivity index (χ4n) is 2.88. The molecule has 12 heteroatoms. The number of benzene rings is 1. The van der Waals surface area contributed by atoms with Gasteiger partial charge in [-0.3, -0.25) is 5.32 Å². The molecule has 2 atom stereocenters. The second kappa shape index (κ2) is 15.5. The molecule has 0 saturated heterocycles. The third-order valence-electron chi connectivity index (χ3n) is 4.72. The van der Waals surface area contributed by atoms with E-state index in [2.05, 4.69) is 5.32 Å². The van der Waals surface area contributed by atoms with Crippen molar-refractivity contribution in [2.75, 3.05) is 13.2 Å². The van der Waals surface area contributed by atoms with Gasteiger partial charge in [0.1, 0.15) is 0 Å². The SMILES string of the molecule is CCCOC(=O)Oc1ccc(C[C@](NC(C)CC)(OC(=O)OC(C)C)C(=O)O)cc1OC(=O)OCCC. The number of carbonyl (C=O) groups is 4. The van der Waals surface area contributed by atoms with Crippen LogP contribution in [0.4, 0.5) is 14.4 Å². The lowest BCUT2D eigenvalue weighted by atomic mass is 10.00. The van der Waals surface area contributed by atoms with Crippen LogP contribution in [0.3, 0.4) is 0 Å². The lowest BCUT2D eigenvalue weighted by Crippen LogP contribution is -2.59. The van der Waals surface area contributed by atoms with Gasteiger partial charge in [-0.2, -0.15) is 0 Å². The van der Waals surface area contributed by atoms with Gasteiger partial charge in [0.15, 0.2) is 11.5 Å². The number of hydrogen-bond donors (Lipinski definition) is 2. The molecule has 0 spiro atoms. The molecule has 1 aromatic rings. The van der Waals surface area contributed by atoms with Crippen molar-refractivity contribution in [3.05, 3.63) is 23.8 Å². The number of rotatable bonds is 14. The number of aliphatic carboxylic acids is 1. The van der Waals surface area contributed by atoms with Gasteiger partial charge >= 0.3 is 24.4 Å². The molecule has 0 bridgehead atoms. The van der Waals surface area contributed by atoms with Crippen LogP contribution in [0.25, 0.3) is 0 Å². The van der Waals surface area contributed by atoms with Crippen molar-refractivity contribution in [2.24, 2.45) is 0 Å². The third-order valence-corrected chi connectivity index (χ3v) is 4.72. The zero-order valence-electron chi connectivity index (χ0n) is 22.2. The lowest BCUT2D eigenvalue weighted by Gasteiger charge is -2.32. The molecule has 1 unspecified atom stereocenters. The molecule has 0 aliphatic rings. The molecule has 0 fully saturated rings. The first kappa shape index (κ1) is 31.5. The van der Waals surface area contributed by atoms with Gasteiger partial charge in [0, 0.05) is 12.5 Å². The van der Waals surface area contributed by atoms with Crippen molar-refractivity contribution in [3.63, 3.8) is 0 Å². The summed E-state index contributed by atoms with van der Waals surface area (Å²) in [6.45, 7) is 10.6. The molecule has 0 aliphatic heterocycles. The topological polar surface area (TPSA) is 156 Å². The van der Waals surface area contributed by atoms with E-state index in [0.717, 1.165) is 0 Å². The number of carboxylic acid groups (broad SMARTS) is 1. The number of ether oxygens (including phenoxy) is 6. The van der Waals surface area contributed by atoms with E-state index in [0.29, 0.717) is 19.3 Å². The third kappa shape index (κ3) is 10.9. The van der Waals surface area contributed by atoms with E-state index < -0.39 is 36.3 Å². The summed E-state index contributed by atoms with van der Waals surface area (Å²) in [5, 5.41) is 12.9. The van der Waals surface area contributed by atoms with Gasteiger partial charge in [-0.1, -0.05) is 26.8 Å². The Kier molecular flexibility index (Phi) is 13.2. The smallest absolute Gasteiger partial charge is 0.477 e. The molecule has 12 nitrogen and oxygen atoms in total. The van der Waals surface area contributed by atoms with E-state index >= 15 is 0 Å². The summed E-state index contributed by atoms with van der Waals surface area (Å²) in [6.07, 6.45) is -2.52. The summed E-state index contributed by atoms with van der Waals surface area (Å²) in [7, 11) is 0. The Balaban J connectivity index is 3.40. The van der Waals surface area contributed by atoms with E-state index in [9.17, 15) is 24.3 Å². The maximum Gasteiger partial charge on any atom is 0.513 e. The Morgan fingerprint density at radius 3 is 1.95 bits per heavy atom. The predicted octanol–water partition coefficient (Wildman–Crippen LogP) is 4.81. The highest BCUT2D eigenvalue weighted by Crippen LogP contribution is 2.31. The second-order valence-corrected chi connectivity index (χ2v) is 8.46. The largest absolute Gasteiger partial charge is 0.513 e. The van der Waals surface area contributed by atoms with E-state index in [-0.39, 0.29) is 42.7 Å². The fraction of sp³-hybridized carbons (Fsp3) is 0.600. The van der Waals surface area contributed by atoms with Crippen LogP contribution in [0.5, 0.6) is 11.5 Å². The van der Waals surface area contributed by atoms with Gasteiger partial charge in [0.05, 0.1) is 19.3 Å². The van der Waals surface area contributed by atoms with E-state index in [4.69, 9.17) is 28.4 Å². The number of carbonyl (C=O) groups excluding carboxylic acids is 3. The quantitative estimate of drug-likeness (QED) is 0.147. The minimum Gasteiger partial charge on any atom is -0.477 e. The van der Waals surface area contributed by atoms with E-state index in [1.807, 2.05) is 13.8 Å². The predicted molar refractivity (Wildman–Crippen MR) is 131 cm³/mol.